The number of anilines is 1. The Morgan fingerprint density at radius 1 is 1.38 bits per heavy atom. The van der Waals surface area contributed by atoms with E-state index in [4.69, 9.17) is 4.99 Å². The molecule has 0 saturated heterocycles. The SMILES string of the molecule is CC(=O)Nc1ccc(-c2nn(C)/c(=N\C3CCCC(O)C3)s2)cc1. The molecule has 0 bridgehead atoms. The first kappa shape index (κ1) is 16.9. The van der Waals surface area contributed by atoms with Gasteiger partial charge in [-0.15, -0.1) is 0 Å². The summed E-state index contributed by atoms with van der Waals surface area (Å²) in [7, 11) is 1.89. The van der Waals surface area contributed by atoms with Gasteiger partial charge in [0, 0.05) is 25.2 Å². The van der Waals surface area contributed by atoms with Crippen molar-refractivity contribution in [2.24, 2.45) is 12.0 Å². The van der Waals surface area contributed by atoms with E-state index in [1.165, 1.54) is 6.92 Å². The number of benzene rings is 1. The summed E-state index contributed by atoms with van der Waals surface area (Å²) in [4.78, 5) is 16.7. The normalized spacial score (nSPS) is 21.7. The van der Waals surface area contributed by atoms with Gasteiger partial charge in [-0.2, -0.15) is 5.10 Å². The van der Waals surface area contributed by atoms with Crippen molar-refractivity contribution < 1.29 is 9.90 Å². The molecule has 1 aromatic heterocycles. The van der Waals surface area contributed by atoms with Crippen LogP contribution in [0.15, 0.2) is 29.3 Å². The lowest BCUT2D eigenvalue weighted by atomic mass is 9.94. The molecule has 2 N–H and O–H groups in total. The molecule has 6 nitrogen and oxygen atoms in total. The first-order chi connectivity index (χ1) is 11.5. The van der Waals surface area contributed by atoms with Crippen LogP contribution in [0.1, 0.15) is 32.6 Å². The lowest BCUT2D eigenvalue weighted by Gasteiger charge is -2.22. The van der Waals surface area contributed by atoms with E-state index in [0.717, 1.165) is 46.7 Å². The van der Waals surface area contributed by atoms with Crippen LogP contribution in [0.5, 0.6) is 0 Å². The second-order valence-corrected chi connectivity index (χ2v) is 7.13. The van der Waals surface area contributed by atoms with Crippen molar-refractivity contribution in [2.75, 3.05) is 5.32 Å². The van der Waals surface area contributed by atoms with Crippen LogP contribution in [0.25, 0.3) is 10.6 Å². The molecule has 3 rings (SSSR count). The van der Waals surface area contributed by atoms with E-state index in [-0.39, 0.29) is 18.1 Å². The number of aryl methyl sites for hydroxylation is 1. The molecule has 1 saturated carbocycles. The average Bonchev–Trinajstić information content (AvgIpc) is 2.88. The van der Waals surface area contributed by atoms with E-state index in [1.807, 2.05) is 31.3 Å². The summed E-state index contributed by atoms with van der Waals surface area (Å²) < 4.78 is 1.79. The summed E-state index contributed by atoms with van der Waals surface area (Å²) in [5.41, 5.74) is 1.77. The molecule has 1 aliphatic carbocycles. The van der Waals surface area contributed by atoms with Crippen LogP contribution in [0.2, 0.25) is 0 Å². The molecule has 1 aliphatic rings. The average molecular weight is 346 g/mol. The first-order valence-electron chi connectivity index (χ1n) is 8.15. The Morgan fingerprint density at radius 2 is 2.12 bits per heavy atom. The Hall–Kier alpha value is -1.99. The van der Waals surface area contributed by atoms with Gasteiger partial charge < -0.3 is 10.4 Å². The number of aromatic nitrogens is 2. The fraction of sp³-hybridized carbons (Fsp3) is 0.471. The highest BCUT2D eigenvalue weighted by molar-refractivity contribution is 7.12. The molecule has 1 heterocycles. The monoisotopic (exact) mass is 346 g/mol. The predicted octanol–water partition coefficient (Wildman–Crippen LogP) is 2.31. The molecule has 0 radical (unpaired) electrons. The lowest BCUT2D eigenvalue weighted by molar-refractivity contribution is -0.114. The Morgan fingerprint density at radius 3 is 2.79 bits per heavy atom. The van der Waals surface area contributed by atoms with Crippen LogP contribution in [0.3, 0.4) is 0 Å². The number of amides is 1. The van der Waals surface area contributed by atoms with E-state index in [0.29, 0.717) is 0 Å². The number of aliphatic hydroxyl groups excluding tert-OH is 1. The summed E-state index contributed by atoms with van der Waals surface area (Å²) >= 11 is 1.54. The molecule has 128 valence electrons. The fourth-order valence-corrected chi connectivity index (χ4v) is 3.86. The van der Waals surface area contributed by atoms with Crippen LogP contribution in [-0.4, -0.2) is 32.9 Å². The number of nitrogens with one attached hydrogen (secondary N) is 1. The first-order valence-corrected chi connectivity index (χ1v) is 8.97. The van der Waals surface area contributed by atoms with Crippen molar-refractivity contribution in [1.29, 1.82) is 0 Å². The largest absolute Gasteiger partial charge is 0.393 e. The summed E-state index contributed by atoms with van der Waals surface area (Å²) in [6.45, 7) is 1.49. The molecule has 24 heavy (non-hydrogen) atoms. The number of aliphatic hydroxyl groups is 1. The van der Waals surface area contributed by atoms with Gasteiger partial charge in [-0.1, -0.05) is 11.3 Å². The Balaban J connectivity index is 1.81. The molecule has 1 aromatic carbocycles. The smallest absolute Gasteiger partial charge is 0.221 e. The van der Waals surface area contributed by atoms with Crippen molar-refractivity contribution >= 4 is 22.9 Å². The van der Waals surface area contributed by atoms with Crippen LogP contribution >= 0.6 is 11.3 Å². The molecule has 1 fully saturated rings. The predicted molar refractivity (Wildman–Crippen MR) is 94.7 cm³/mol. The van der Waals surface area contributed by atoms with E-state index < -0.39 is 0 Å². The second kappa shape index (κ2) is 7.27. The summed E-state index contributed by atoms with van der Waals surface area (Å²) in [6, 6.07) is 7.80. The topological polar surface area (TPSA) is 79.5 Å². The maximum Gasteiger partial charge on any atom is 0.221 e. The molecular formula is C17H22N4O2S. The number of hydrogen-bond acceptors (Lipinski definition) is 5. The van der Waals surface area contributed by atoms with Gasteiger partial charge in [0.15, 0.2) is 0 Å². The molecule has 2 unspecified atom stereocenters. The van der Waals surface area contributed by atoms with Crippen molar-refractivity contribution in [1.82, 2.24) is 9.78 Å². The zero-order valence-electron chi connectivity index (χ0n) is 13.9. The fourth-order valence-electron chi connectivity index (χ4n) is 2.89. The Kier molecular flexibility index (Phi) is 5.11. The number of hydrogen-bond donors (Lipinski definition) is 2. The minimum absolute atomic E-state index is 0.0841. The highest BCUT2D eigenvalue weighted by Gasteiger charge is 2.19. The molecule has 2 atom stereocenters. The van der Waals surface area contributed by atoms with E-state index in [2.05, 4.69) is 10.4 Å². The van der Waals surface area contributed by atoms with Crippen molar-refractivity contribution in [3.8, 4) is 10.6 Å². The van der Waals surface area contributed by atoms with Crippen molar-refractivity contribution in [3.63, 3.8) is 0 Å². The molecule has 0 aliphatic heterocycles. The third-order valence-corrected chi connectivity index (χ3v) is 5.13. The van der Waals surface area contributed by atoms with Gasteiger partial charge in [0.1, 0.15) is 5.01 Å². The molecule has 2 aromatic rings. The van der Waals surface area contributed by atoms with Gasteiger partial charge in [0.25, 0.3) is 0 Å². The highest BCUT2D eigenvalue weighted by Crippen LogP contribution is 2.23. The molecule has 0 spiro atoms. The van der Waals surface area contributed by atoms with Gasteiger partial charge >= 0.3 is 0 Å². The molecular weight excluding hydrogens is 324 g/mol. The van der Waals surface area contributed by atoms with Gasteiger partial charge in [-0.05, 0) is 49.9 Å². The molecule has 7 heteroatoms. The maximum absolute atomic E-state index is 11.1. The van der Waals surface area contributed by atoms with Crippen LogP contribution in [-0.2, 0) is 11.8 Å². The minimum Gasteiger partial charge on any atom is -0.393 e. The van der Waals surface area contributed by atoms with Crippen LogP contribution < -0.4 is 10.1 Å². The third kappa shape index (κ3) is 4.10. The number of rotatable bonds is 3. The van der Waals surface area contributed by atoms with Gasteiger partial charge in [-0.3, -0.25) is 9.79 Å². The standard InChI is InChI=1S/C17H22N4O2S/c1-11(22)18-13-8-6-12(7-9-13)16-20-21(2)17(24-16)19-14-4-3-5-15(23)10-14/h6-9,14-15,23H,3-5,10H2,1-2H3,(H,18,22)/b19-17+. The van der Waals surface area contributed by atoms with Gasteiger partial charge in [0.2, 0.25) is 10.7 Å². The summed E-state index contributed by atoms with van der Waals surface area (Å²) in [5.74, 6) is -0.0841. The minimum atomic E-state index is -0.230. The van der Waals surface area contributed by atoms with E-state index in [9.17, 15) is 9.90 Å². The van der Waals surface area contributed by atoms with Crippen LogP contribution in [0, 0.1) is 0 Å². The second-order valence-electron chi connectivity index (χ2n) is 6.18. The Labute approximate surface area is 144 Å². The summed E-state index contributed by atoms with van der Waals surface area (Å²) in [5, 5.41) is 18.0. The van der Waals surface area contributed by atoms with E-state index in [1.54, 1.807) is 16.0 Å². The number of nitrogens with zero attached hydrogens (tertiary/aromatic N) is 3. The van der Waals surface area contributed by atoms with E-state index >= 15 is 0 Å². The number of carbonyl (C=O) groups excluding carboxylic acids is 1. The quantitative estimate of drug-likeness (QED) is 0.895. The third-order valence-electron chi connectivity index (χ3n) is 4.07. The maximum atomic E-state index is 11.1. The Bertz CT molecular complexity index is 779. The van der Waals surface area contributed by atoms with Crippen molar-refractivity contribution in [3.05, 3.63) is 29.1 Å². The highest BCUT2D eigenvalue weighted by atomic mass is 32.1. The van der Waals surface area contributed by atoms with Crippen LogP contribution in [0.4, 0.5) is 5.69 Å². The summed E-state index contributed by atoms with van der Waals surface area (Å²) in [6.07, 6.45) is 3.43. The van der Waals surface area contributed by atoms with Gasteiger partial charge in [0.05, 0.1) is 12.1 Å². The lowest BCUT2D eigenvalue weighted by Crippen LogP contribution is -2.25. The number of carbonyl (C=O) groups is 1. The zero-order chi connectivity index (χ0) is 17.1. The van der Waals surface area contributed by atoms with Crippen molar-refractivity contribution in [2.45, 2.75) is 44.8 Å². The molecule has 1 amide bonds. The zero-order valence-corrected chi connectivity index (χ0v) is 14.7. The van der Waals surface area contributed by atoms with Gasteiger partial charge in [-0.25, -0.2) is 4.68 Å².